The van der Waals surface area contributed by atoms with Gasteiger partial charge in [-0.15, -0.1) is 23.5 Å². The van der Waals surface area contributed by atoms with Gasteiger partial charge in [-0.25, -0.2) is 0 Å². The molecule has 1 aliphatic heterocycles. The fourth-order valence-corrected chi connectivity index (χ4v) is 6.03. The van der Waals surface area contributed by atoms with E-state index in [1.54, 1.807) is 0 Å². The maximum Gasteiger partial charge on any atom is 0.119 e. The van der Waals surface area contributed by atoms with Crippen LogP contribution in [-0.4, -0.2) is 21.7 Å². The van der Waals surface area contributed by atoms with E-state index in [9.17, 15) is 10.2 Å². The molecule has 1 aromatic carbocycles. The van der Waals surface area contributed by atoms with Crippen LogP contribution in [0.5, 0.6) is 11.5 Å². The third-order valence-corrected chi connectivity index (χ3v) is 7.17. The molecule has 0 bridgehead atoms. The Labute approximate surface area is 130 Å². The van der Waals surface area contributed by atoms with Crippen LogP contribution in [0.3, 0.4) is 0 Å². The summed E-state index contributed by atoms with van der Waals surface area (Å²) in [6.07, 6.45) is 7.38. The Morgan fingerprint density at radius 2 is 1.65 bits per heavy atom. The molecule has 0 atom stereocenters. The molecule has 0 saturated carbocycles. The first-order chi connectivity index (χ1) is 9.66. The zero-order valence-corrected chi connectivity index (χ0v) is 13.7. The van der Waals surface area contributed by atoms with Crippen LogP contribution in [-0.2, 0) is 4.08 Å². The fourth-order valence-electron chi connectivity index (χ4n) is 2.63. The number of unbranched alkanes of at least 4 members (excludes halogenated alkanes) is 3. The van der Waals surface area contributed by atoms with E-state index in [4.69, 9.17) is 0 Å². The van der Waals surface area contributed by atoms with Crippen molar-refractivity contribution in [3.8, 4) is 11.5 Å². The topological polar surface area (TPSA) is 40.5 Å². The van der Waals surface area contributed by atoms with Gasteiger partial charge in [0.2, 0.25) is 0 Å². The van der Waals surface area contributed by atoms with E-state index in [1.807, 2.05) is 35.7 Å². The molecule has 4 heteroatoms. The van der Waals surface area contributed by atoms with E-state index in [2.05, 4.69) is 6.92 Å². The lowest BCUT2D eigenvalue weighted by atomic mass is 10.0. The molecular weight excluding hydrogens is 288 g/mol. The lowest BCUT2D eigenvalue weighted by Gasteiger charge is -2.37. The number of thioether (sulfide) groups is 2. The van der Waals surface area contributed by atoms with Gasteiger partial charge >= 0.3 is 0 Å². The van der Waals surface area contributed by atoms with Gasteiger partial charge in [-0.3, -0.25) is 0 Å². The Kier molecular flexibility index (Phi) is 5.97. The molecule has 1 heterocycles. The van der Waals surface area contributed by atoms with Crippen LogP contribution < -0.4 is 0 Å². The van der Waals surface area contributed by atoms with Gasteiger partial charge in [-0.2, -0.15) is 0 Å². The molecule has 1 saturated heterocycles. The molecule has 20 heavy (non-hydrogen) atoms. The van der Waals surface area contributed by atoms with E-state index in [0.29, 0.717) is 0 Å². The van der Waals surface area contributed by atoms with E-state index in [-0.39, 0.29) is 15.6 Å². The smallest absolute Gasteiger partial charge is 0.119 e. The van der Waals surface area contributed by atoms with E-state index in [0.717, 1.165) is 23.5 Å². The summed E-state index contributed by atoms with van der Waals surface area (Å²) in [6, 6.07) is 5.06. The second-order valence-electron chi connectivity index (χ2n) is 5.35. The van der Waals surface area contributed by atoms with Crippen molar-refractivity contribution in [3.63, 3.8) is 0 Å². The monoisotopic (exact) mass is 312 g/mol. The van der Waals surface area contributed by atoms with Crippen LogP contribution >= 0.6 is 23.5 Å². The molecule has 112 valence electrons. The first-order valence-electron chi connectivity index (χ1n) is 7.48. The average Bonchev–Trinajstić information content (AvgIpc) is 2.44. The van der Waals surface area contributed by atoms with Crippen molar-refractivity contribution in [3.05, 3.63) is 23.8 Å². The quantitative estimate of drug-likeness (QED) is 0.718. The van der Waals surface area contributed by atoms with Crippen molar-refractivity contribution in [1.29, 1.82) is 0 Å². The van der Waals surface area contributed by atoms with Crippen LogP contribution in [0.1, 0.15) is 51.0 Å². The summed E-state index contributed by atoms with van der Waals surface area (Å²) in [7, 11) is 0. The Morgan fingerprint density at radius 1 is 1.00 bits per heavy atom. The molecule has 2 N–H and O–H groups in total. The summed E-state index contributed by atoms with van der Waals surface area (Å²) in [5.41, 5.74) is 1.07. The number of benzene rings is 1. The first-order valence-corrected chi connectivity index (χ1v) is 9.45. The SMILES string of the molecule is CCCCCCC1(c2cc(O)cc(O)c2)SCCCS1. The minimum Gasteiger partial charge on any atom is -0.508 e. The zero-order valence-electron chi connectivity index (χ0n) is 12.1. The Bertz CT molecular complexity index is 408. The molecule has 1 aromatic rings. The normalized spacial score (nSPS) is 18.1. The molecule has 0 aromatic heterocycles. The number of aromatic hydroxyl groups is 2. The molecule has 2 rings (SSSR count). The Hall–Kier alpha value is -0.480. The van der Waals surface area contributed by atoms with Gasteiger partial charge in [0.1, 0.15) is 11.5 Å². The molecule has 0 spiro atoms. The summed E-state index contributed by atoms with van der Waals surface area (Å²) in [5, 5.41) is 19.5. The van der Waals surface area contributed by atoms with Gasteiger partial charge in [0.15, 0.2) is 0 Å². The molecule has 0 aliphatic carbocycles. The Balaban J connectivity index is 2.16. The summed E-state index contributed by atoms with van der Waals surface area (Å²) >= 11 is 3.96. The van der Waals surface area contributed by atoms with Gasteiger partial charge in [-0.05, 0) is 42.0 Å². The summed E-state index contributed by atoms with van der Waals surface area (Å²) < 4.78 is 0.0161. The number of hydrogen-bond donors (Lipinski definition) is 2. The predicted octanol–water partition coefficient (Wildman–Crippen LogP) is 5.09. The third kappa shape index (κ3) is 4.01. The fraction of sp³-hybridized carbons (Fsp3) is 0.625. The Morgan fingerprint density at radius 3 is 2.25 bits per heavy atom. The second-order valence-corrected chi connectivity index (χ2v) is 8.40. The summed E-state index contributed by atoms with van der Waals surface area (Å²) in [5.74, 6) is 2.66. The first kappa shape index (κ1) is 15.9. The van der Waals surface area contributed by atoms with E-state index in [1.165, 1.54) is 38.2 Å². The van der Waals surface area contributed by atoms with Crippen molar-refractivity contribution in [1.82, 2.24) is 0 Å². The largest absolute Gasteiger partial charge is 0.508 e. The molecule has 1 fully saturated rings. The van der Waals surface area contributed by atoms with E-state index < -0.39 is 0 Å². The average molecular weight is 313 g/mol. The minimum atomic E-state index is 0.0161. The number of rotatable bonds is 6. The highest BCUT2D eigenvalue weighted by Gasteiger charge is 2.35. The lowest BCUT2D eigenvalue weighted by molar-refractivity contribution is 0.448. The predicted molar refractivity (Wildman–Crippen MR) is 89.7 cm³/mol. The van der Waals surface area contributed by atoms with Crippen LogP contribution in [0.2, 0.25) is 0 Å². The maximum atomic E-state index is 9.77. The summed E-state index contributed by atoms with van der Waals surface area (Å²) in [4.78, 5) is 0. The second kappa shape index (κ2) is 7.51. The van der Waals surface area contributed by atoms with Gasteiger partial charge in [0.25, 0.3) is 0 Å². The number of hydrogen-bond acceptors (Lipinski definition) is 4. The van der Waals surface area contributed by atoms with Crippen molar-refractivity contribution >= 4 is 23.5 Å². The highest BCUT2D eigenvalue weighted by molar-refractivity contribution is 8.18. The van der Waals surface area contributed by atoms with Gasteiger partial charge in [-0.1, -0.05) is 32.6 Å². The molecule has 0 radical (unpaired) electrons. The lowest BCUT2D eigenvalue weighted by Crippen LogP contribution is -2.22. The number of phenols is 2. The zero-order chi connectivity index (χ0) is 14.4. The van der Waals surface area contributed by atoms with E-state index >= 15 is 0 Å². The molecule has 1 aliphatic rings. The van der Waals surface area contributed by atoms with Crippen molar-refractivity contribution < 1.29 is 10.2 Å². The van der Waals surface area contributed by atoms with Crippen LogP contribution in [0, 0.1) is 0 Å². The van der Waals surface area contributed by atoms with Crippen LogP contribution in [0.4, 0.5) is 0 Å². The molecule has 0 amide bonds. The molecule has 2 nitrogen and oxygen atoms in total. The number of phenolic OH excluding ortho intramolecular Hbond substituents is 2. The third-order valence-electron chi connectivity index (χ3n) is 3.66. The van der Waals surface area contributed by atoms with Gasteiger partial charge < -0.3 is 10.2 Å². The van der Waals surface area contributed by atoms with Crippen molar-refractivity contribution in [2.24, 2.45) is 0 Å². The summed E-state index contributed by atoms with van der Waals surface area (Å²) in [6.45, 7) is 2.23. The highest BCUT2D eigenvalue weighted by Crippen LogP contribution is 2.54. The van der Waals surface area contributed by atoms with Gasteiger partial charge in [0, 0.05) is 6.07 Å². The molecular formula is C16H24O2S2. The highest BCUT2D eigenvalue weighted by atomic mass is 32.2. The molecule has 0 unspecified atom stereocenters. The van der Waals surface area contributed by atoms with Crippen LogP contribution in [0.15, 0.2) is 18.2 Å². The van der Waals surface area contributed by atoms with Crippen LogP contribution in [0.25, 0.3) is 0 Å². The van der Waals surface area contributed by atoms with Crippen molar-refractivity contribution in [2.45, 2.75) is 49.5 Å². The van der Waals surface area contributed by atoms with Gasteiger partial charge in [0.05, 0.1) is 4.08 Å². The van der Waals surface area contributed by atoms with Crippen molar-refractivity contribution in [2.75, 3.05) is 11.5 Å². The standard InChI is InChI=1S/C16H24O2S2/c1-2-3-4-5-7-16(19-8-6-9-20-16)13-10-14(17)12-15(18)11-13/h10-12,17-18H,2-9H2,1H3. The minimum absolute atomic E-state index is 0.0161. The maximum absolute atomic E-state index is 9.77.